The van der Waals surface area contributed by atoms with Crippen LogP contribution in [0.25, 0.3) is 10.9 Å². The molecule has 2 N–H and O–H groups in total. The number of hydrogen-bond donors (Lipinski definition) is 2. The summed E-state index contributed by atoms with van der Waals surface area (Å²) < 4.78 is 0. The van der Waals surface area contributed by atoms with Gasteiger partial charge in [0.05, 0.1) is 23.0 Å². The second-order valence-electron chi connectivity index (χ2n) is 7.69. The first kappa shape index (κ1) is 20.5. The molecule has 1 fully saturated rings. The number of phenols is 1. The molecular weight excluding hydrogens is 390 g/mol. The minimum atomic E-state index is -0.772. The number of piperazine rings is 1. The fraction of sp³-hybridized carbons (Fsp3) is 0.250. The largest absolute Gasteiger partial charge is 0.507 e. The second kappa shape index (κ2) is 8.54. The summed E-state index contributed by atoms with van der Waals surface area (Å²) in [7, 11) is 0. The zero-order valence-corrected chi connectivity index (χ0v) is 17.2. The number of benzene rings is 2. The number of nitriles is 1. The van der Waals surface area contributed by atoms with Gasteiger partial charge < -0.3 is 15.4 Å². The molecule has 7 heteroatoms. The molecule has 2 unspecified atom stereocenters. The van der Waals surface area contributed by atoms with Gasteiger partial charge in [0, 0.05) is 36.6 Å². The molecule has 1 aliphatic rings. The van der Waals surface area contributed by atoms with Gasteiger partial charge in [-0.15, -0.1) is 0 Å². The Balaban J connectivity index is 1.51. The van der Waals surface area contributed by atoms with Crippen molar-refractivity contribution < 1.29 is 9.90 Å². The van der Waals surface area contributed by atoms with Crippen molar-refractivity contribution in [2.45, 2.75) is 19.0 Å². The minimum Gasteiger partial charge on any atom is -0.507 e. The first-order valence-electron chi connectivity index (χ1n) is 10.2. The zero-order chi connectivity index (χ0) is 22.0. The summed E-state index contributed by atoms with van der Waals surface area (Å²) in [5, 5.41) is 29.1. The molecule has 0 saturated carbocycles. The second-order valence-corrected chi connectivity index (χ2v) is 7.69. The maximum Gasteiger partial charge on any atom is 0.253 e. The molecule has 2 heterocycles. The molecular formula is C24H23N5O2. The number of carbonyl (C=O) groups excluding carboxylic acids is 1. The number of hydrogen-bond acceptors (Lipinski definition) is 6. The van der Waals surface area contributed by atoms with E-state index >= 15 is 0 Å². The summed E-state index contributed by atoms with van der Waals surface area (Å²) in [5.41, 5.74) is 1.74. The molecule has 2 aromatic carbocycles. The molecule has 156 valence electrons. The highest BCUT2D eigenvalue weighted by Gasteiger charge is 2.34. The molecule has 2 atom stereocenters. The number of amides is 1. The van der Waals surface area contributed by atoms with E-state index in [0.29, 0.717) is 41.8 Å². The summed E-state index contributed by atoms with van der Waals surface area (Å²) in [4.78, 5) is 21.0. The Hall–Kier alpha value is -3.76. The van der Waals surface area contributed by atoms with Crippen molar-refractivity contribution in [3.8, 4) is 11.8 Å². The van der Waals surface area contributed by atoms with Crippen LogP contribution in [0.1, 0.15) is 23.0 Å². The zero-order valence-electron chi connectivity index (χ0n) is 17.2. The van der Waals surface area contributed by atoms with E-state index in [0.717, 1.165) is 0 Å². The molecule has 0 bridgehead atoms. The average Bonchev–Trinajstić information content (AvgIpc) is 2.80. The van der Waals surface area contributed by atoms with Gasteiger partial charge in [-0.25, -0.2) is 4.98 Å². The Bertz CT molecular complexity index is 1170. The van der Waals surface area contributed by atoms with Gasteiger partial charge in [0.2, 0.25) is 0 Å². The normalized spacial score (nSPS) is 17.8. The summed E-state index contributed by atoms with van der Waals surface area (Å²) in [6.45, 7) is 3.43. The van der Waals surface area contributed by atoms with Crippen LogP contribution in [-0.2, 0) is 0 Å². The molecule has 31 heavy (non-hydrogen) atoms. The number of nitrogens with one attached hydrogen (secondary N) is 1. The van der Waals surface area contributed by atoms with Crippen molar-refractivity contribution in [2.75, 3.05) is 19.6 Å². The highest BCUT2D eigenvalue weighted by molar-refractivity contribution is 6.04. The first-order chi connectivity index (χ1) is 15.0. The van der Waals surface area contributed by atoms with E-state index in [2.05, 4.69) is 11.1 Å². The number of fused-ring (bicyclic) bond motifs is 1. The van der Waals surface area contributed by atoms with Crippen LogP contribution in [0.2, 0.25) is 0 Å². The quantitative estimate of drug-likeness (QED) is 0.640. The van der Waals surface area contributed by atoms with Crippen LogP contribution in [0.5, 0.6) is 5.75 Å². The molecule has 1 saturated heterocycles. The lowest BCUT2D eigenvalue weighted by Crippen LogP contribution is -2.58. The molecule has 4 rings (SSSR count). The van der Waals surface area contributed by atoms with Crippen LogP contribution in [0.15, 0.2) is 60.7 Å². The average molecular weight is 413 g/mol. The first-order valence-corrected chi connectivity index (χ1v) is 10.2. The molecule has 1 amide bonds. The number of nitrogens with zero attached hydrogens (tertiary/aromatic N) is 4. The van der Waals surface area contributed by atoms with E-state index < -0.39 is 6.04 Å². The number of pyridine rings is 1. The number of aromatic nitrogens is 1. The number of phenolic OH excluding ortho intramolecular Hbond substituents is 1. The molecule has 0 radical (unpaired) electrons. The summed E-state index contributed by atoms with van der Waals surface area (Å²) in [5.74, 6) is 0.111. The van der Waals surface area contributed by atoms with Crippen LogP contribution in [0.3, 0.4) is 0 Å². The highest BCUT2D eigenvalue weighted by atomic mass is 16.3. The number of carbonyl (C=O) groups is 1. The summed E-state index contributed by atoms with van der Waals surface area (Å²) in [6, 6.07) is 19.0. The fourth-order valence-corrected chi connectivity index (χ4v) is 4.04. The summed E-state index contributed by atoms with van der Waals surface area (Å²) in [6.07, 6.45) is 0. The van der Waals surface area contributed by atoms with Gasteiger partial charge in [-0.05, 0) is 43.3 Å². The Labute approximate surface area is 180 Å². The van der Waals surface area contributed by atoms with Crippen LogP contribution in [0.4, 0.5) is 0 Å². The Morgan fingerprint density at radius 2 is 1.94 bits per heavy atom. The SMILES string of the molecule is CC1CN(C(=O)c2ccccc2)CCN1C(C#N)C(=N)c1ccc2c(O)cccc2n1. The van der Waals surface area contributed by atoms with E-state index in [4.69, 9.17) is 5.41 Å². The van der Waals surface area contributed by atoms with Gasteiger partial charge in [0.25, 0.3) is 5.91 Å². The van der Waals surface area contributed by atoms with Crippen LogP contribution in [0, 0.1) is 16.7 Å². The highest BCUT2D eigenvalue weighted by Crippen LogP contribution is 2.24. The van der Waals surface area contributed by atoms with E-state index in [1.807, 2.05) is 30.0 Å². The Kier molecular flexibility index (Phi) is 5.65. The van der Waals surface area contributed by atoms with Crippen molar-refractivity contribution >= 4 is 22.5 Å². The smallest absolute Gasteiger partial charge is 0.253 e. The lowest BCUT2D eigenvalue weighted by atomic mass is 10.0. The topological polar surface area (TPSA) is 104 Å². The maximum atomic E-state index is 12.8. The number of rotatable bonds is 4. The molecule has 0 spiro atoms. The van der Waals surface area contributed by atoms with Crippen LogP contribution >= 0.6 is 0 Å². The molecule has 3 aromatic rings. The van der Waals surface area contributed by atoms with Gasteiger partial charge in [0.1, 0.15) is 11.8 Å². The Morgan fingerprint density at radius 3 is 2.65 bits per heavy atom. The van der Waals surface area contributed by atoms with Gasteiger partial charge in [0.15, 0.2) is 0 Å². The van der Waals surface area contributed by atoms with E-state index in [-0.39, 0.29) is 23.4 Å². The molecule has 7 nitrogen and oxygen atoms in total. The predicted molar refractivity (Wildman–Crippen MR) is 118 cm³/mol. The minimum absolute atomic E-state index is 0.0216. The van der Waals surface area contributed by atoms with Crippen LogP contribution < -0.4 is 0 Å². The third-order valence-electron chi connectivity index (χ3n) is 5.70. The van der Waals surface area contributed by atoms with Crippen molar-refractivity contribution in [2.24, 2.45) is 0 Å². The van der Waals surface area contributed by atoms with Gasteiger partial charge in [-0.2, -0.15) is 5.26 Å². The fourth-order valence-electron chi connectivity index (χ4n) is 4.04. The van der Waals surface area contributed by atoms with Gasteiger partial charge in [-0.3, -0.25) is 9.69 Å². The van der Waals surface area contributed by atoms with Crippen molar-refractivity contribution in [3.63, 3.8) is 0 Å². The lowest BCUT2D eigenvalue weighted by molar-refractivity contribution is 0.0508. The van der Waals surface area contributed by atoms with Crippen molar-refractivity contribution in [3.05, 3.63) is 71.9 Å². The Morgan fingerprint density at radius 1 is 1.16 bits per heavy atom. The van der Waals surface area contributed by atoms with Gasteiger partial charge in [-0.1, -0.05) is 24.3 Å². The lowest BCUT2D eigenvalue weighted by Gasteiger charge is -2.41. The number of aromatic hydroxyl groups is 1. The molecule has 1 aliphatic heterocycles. The van der Waals surface area contributed by atoms with Crippen molar-refractivity contribution in [1.82, 2.24) is 14.8 Å². The third kappa shape index (κ3) is 3.98. The van der Waals surface area contributed by atoms with E-state index in [1.165, 1.54) is 0 Å². The monoisotopic (exact) mass is 413 g/mol. The maximum absolute atomic E-state index is 12.8. The van der Waals surface area contributed by atoms with E-state index in [1.54, 1.807) is 47.4 Å². The molecule has 1 aromatic heterocycles. The van der Waals surface area contributed by atoms with E-state index in [9.17, 15) is 15.2 Å². The van der Waals surface area contributed by atoms with Crippen molar-refractivity contribution in [1.29, 1.82) is 10.7 Å². The molecule has 0 aliphatic carbocycles. The summed E-state index contributed by atoms with van der Waals surface area (Å²) >= 11 is 0. The standard InChI is InChI=1S/C24H23N5O2/c1-16-15-28(24(31)17-6-3-2-4-7-17)12-13-29(16)21(14-25)23(26)20-11-10-18-19(27-20)8-5-9-22(18)30/h2-11,16,21,26,30H,12-13,15H2,1H3. The van der Waals surface area contributed by atoms with Crippen LogP contribution in [-0.4, -0.2) is 63.2 Å². The third-order valence-corrected chi connectivity index (χ3v) is 5.70. The predicted octanol–water partition coefficient (Wildman–Crippen LogP) is 3.05. The van der Waals surface area contributed by atoms with Gasteiger partial charge >= 0.3 is 0 Å².